The topological polar surface area (TPSA) is 71.2 Å². The Morgan fingerprint density at radius 1 is 1.45 bits per heavy atom. The SMILES string of the molecule is CN(Cc1ccccc1Br)C(=O)Cn1cc(CO)nn1. The van der Waals surface area contributed by atoms with Gasteiger partial charge in [-0.05, 0) is 11.6 Å². The van der Waals surface area contributed by atoms with Crippen molar-refractivity contribution in [2.75, 3.05) is 7.05 Å². The van der Waals surface area contributed by atoms with Crippen LogP contribution in [0.4, 0.5) is 0 Å². The Hall–Kier alpha value is -1.73. The molecular weight excluding hydrogens is 324 g/mol. The summed E-state index contributed by atoms with van der Waals surface area (Å²) in [4.78, 5) is 13.7. The molecular formula is C13H15BrN4O2. The molecule has 0 aliphatic carbocycles. The molecule has 1 aromatic heterocycles. The molecule has 0 fully saturated rings. The van der Waals surface area contributed by atoms with Crippen LogP contribution in [0, 0.1) is 0 Å². The van der Waals surface area contributed by atoms with Crippen molar-refractivity contribution in [2.24, 2.45) is 0 Å². The summed E-state index contributed by atoms with van der Waals surface area (Å²) in [5.41, 5.74) is 1.49. The predicted molar refractivity (Wildman–Crippen MR) is 76.6 cm³/mol. The van der Waals surface area contributed by atoms with Gasteiger partial charge in [-0.3, -0.25) is 4.79 Å². The van der Waals surface area contributed by atoms with E-state index in [2.05, 4.69) is 26.2 Å². The first-order valence-corrected chi connectivity index (χ1v) is 6.86. The normalized spacial score (nSPS) is 10.6. The Bertz CT molecular complexity index is 600. The van der Waals surface area contributed by atoms with E-state index >= 15 is 0 Å². The minimum atomic E-state index is -0.180. The summed E-state index contributed by atoms with van der Waals surface area (Å²) in [5, 5.41) is 16.4. The van der Waals surface area contributed by atoms with Gasteiger partial charge < -0.3 is 10.0 Å². The van der Waals surface area contributed by atoms with E-state index in [4.69, 9.17) is 5.11 Å². The molecule has 0 aliphatic rings. The van der Waals surface area contributed by atoms with Crippen molar-refractivity contribution in [3.63, 3.8) is 0 Å². The summed E-state index contributed by atoms with van der Waals surface area (Å²) in [5.74, 6) is -0.0739. The quantitative estimate of drug-likeness (QED) is 0.888. The van der Waals surface area contributed by atoms with Crippen molar-refractivity contribution in [3.8, 4) is 0 Å². The summed E-state index contributed by atoms with van der Waals surface area (Å²) in [6.07, 6.45) is 1.56. The zero-order valence-electron chi connectivity index (χ0n) is 11.0. The molecule has 0 radical (unpaired) electrons. The third-order valence-corrected chi connectivity index (χ3v) is 3.61. The lowest BCUT2D eigenvalue weighted by atomic mass is 10.2. The highest BCUT2D eigenvalue weighted by atomic mass is 79.9. The van der Waals surface area contributed by atoms with E-state index in [1.54, 1.807) is 18.1 Å². The van der Waals surface area contributed by atoms with Gasteiger partial charge >= 0.3 is 0 Å². The van der Waals surface area contributed by atoms with E-state index in [-0.39, 0.29) is 19.1 Å². The Balaban J connectivity index is 1.97. The average Bonchev–Trinajstić information content (AvgIpc) is 2.89. The molecule has 106 valence electrons. The highest BCUT2D eigenvalue weighted by Gasteiger charge is 2.12. The number of benzene rings is 1. The van der Waals surface area contributed by atoms with Crippen LogP contribution >= 0.6 is 15.9 Å². The van der Waals surface area contributed by atoms with Crippen molar-refractivity contribution in [1.82, 2.24) is 19.9 Å². The number of aliphatic hydroxyl groups excluding tert-OH is 1. The number of rotatable bonds is 5. The Kier molecular flexibility index (Phi) is 4.86. The minimum absolute atomic E-state index is 0.0739. The van der Waals surface area contributed by atoms with Gasteiger partial charge in [0.15, 0.2) is 0 Å². The van der Waals surface area contributed by atoms with E-state index < -0.39 is 0 Å². The van der Waals surface area contributed by atoms with Crippen molar-refractivity contribution in [3.05, 3.63) is 46.2 Å². The van der Waals surface area contributed by atoms with Crippen molar-refractivity contribution in [2.45, 2.75) is 19.7 Å². The maximum Gasteiger partial charge on any atom is 0.244 e. The minimum Gasteiger partial charge on any atom is -0.390 e. The fourth-order valence-electron chi connectivity index (χ4n) is 1.72. The van der Waals surface area contributed by atoms with Crippen LogP contribution in [-0.2, 0) is 24.5 Å². The summed E-state index contributed by atoms with van der Waals surface area (Å²) >= 11 is 3.46. The summed E-state index contributed by atoms with van der Waals surface area (Å²) in [6.45, 7) is 0.441. The monoisotopic (exact) mass is 338 g/mol. The zero-order valence-corrected chi connectivity index (χ0v) is 12.6. The molecule has 2 rings (SSSR count). The second-order valence-electron chi connectivity index (χ2n) is 4.41. The molecule has 0 saturated carbocycles. The third kappa shape index (κ3) is 3.64. The standard InChI is InChI=1S/C13H15BrN4O2/c1-17(6-10-4-2-3-5-12(10)14)13(20)8-18-7-11(9-19)15-16-18/h2-5,7,19H,6,8-9H2,1H3. The van der Waals surface area contributed by atoms with Gasteiger partial charge in [0.2, 0.25) is 5.91 Å². The molecule has 20 heavy (non-hydrogen) atoms. The van der Waals surface area contributed by atoms with Crippen LogP contribution < -0.4 is 0 Å². The average molecular weight is 339 g/mol. The number of hydrogen-bond donors (Lipinski definition) is 1. The summed E-state index contributed by atoms with van der Waals surface area (Å²) < 4.78 is 2.40. The van der Waals surface area contributed by atoms with Gasteiger partial charge in [-0.2, -0.15) is 0 Å². The van der Waals surface area contributed by atoms with Crippen LogP contribution in [0.2, 0.25) is 0 Å². The lowest BCUT2D eigenvalue weighted by Crippen LogP contribution is -2.30. The fraction of sp³-hybridized carbons (Fsp3) is 0.308. The maximum atomic E-state index is 12.1. The largest absolute Gasteiger partial charge is 0.390 e. The van der Waals surface area contributed by atoms with Gasteiger partial charge in [0.1, 0.15) is 12.2 Å². The molecule has 7 heteroatoms. The van der Waals surface area contributed by atoms with Gasteiger partial charge in [-0.1, -0.05) is 39.3 Å². The highest BCUT2D eigenvalue weighted by molar-refractivity contribution is 9.10. The Morgan fingerprint density at radius 2 is 2.20 bits per heavy atom. The van der Waals surface area contributed by atoms with Crippen molar-refractivity contribution < 1.29 is 9.90 Å². The molecule has 0 saturated heterocycles. The number of nitrogens with zero attached hydrogens (tertiary/aromatic N) is 4. The molecule has 0 atom stereocenters. The number of likely N-dealkylation sites (N-methyl/N-ethyl adjacent to an activating group) is 1. The molecule has 6 nitrogen and oxygen atoms in total. The summed E-state index contributed by atoms with van der Waals surface area (Å²) in [6, 6.07) is 7.77. The van der Waals surface area contributed by atoms with E-state index in [1.165, 1.54) is 4.68 Å². The number of carbonyl (C=O) groups is 1. The number of halogens is 1. The van der Waals surface area contributed by atoms with Crippen LogP contribution in [-0.4, -0.2) is 38.0 Å². The second kappa shape index (κ2) is 6.62. The number of carbonyl (C=O) groups excluding carboxylic acids is 1. The van der Waals surface area contributed by atoms with Crippen LogP contribution in [0.1, 0.15) is 11.3 Å². The summed E-state index contributed by atoms with van der Waals surface area (Å²) in [7, 11) is 1.74. The molecule has 0 aliphatic heterocycles. The van der Waals surface area contributed by atoms with Gasteiger partial charge in [-0.15, -0.1) is 5.10 Å². The molecule has 2 aromatic rings. The molecule has 1 N–H and O–H groups in total. The maximum absolute atomic E-state index is 12.1. The second-order valence-corrected chi connectivity index (χ2v) is 5.26. The number of aliphatic hydroxyl groups is 1. The predicted octanol–water partition coefficient (Wildman–Crippen LogP) is 1.19. The lowest BCUT2D eigenvalue weighted by Gasteiger charge is -2.17. The highest BCUT2D eigenvalue weighted by Crippen LogP contribution is 2.17. The number of aromatic nitrogens is 3. The van der Waals surface area contributed by atoms with E-state index in [0.717, 1.165) is 10.0 Å². The number of amides is 1. The smallest absolute Gasteiger partial charge is 0.244 e. The molecule has 1 aromatic carbocycles. The van der Waals surface area contributed by atoms with Gasteiger partial charge in [0.25, 0.3) is 0 Å². The molecule has 1 amide bonds. The van der Waals surface area contributed by atoms with Crippen molar-refractivity contribution in [1.29, 1.82) is 0 Å². The Morgan fingerprint density at radius 3 is 2.85 bits per heavy atom. The number of hydrogen-bond acceptors (Lipinski definition) is 4. The van der Waals surface area contributed by atoms with E-state index in [1.807, 2.05) is 24.3 Å². The first-order valence-electron chi connectivity index (χ1n) is 6.07. The first-order chi connectivity index (χ1) is 9.60. The van der Waals surface area contributed by atoms with Crippen LogP contribution in [0.15, 0.2) is 34.9 Å². The fourth-order valence-corrected chi connectivity index (χ4v) is 2.13. The van der Waals surface area contributed by atoms with Crippen LogP contribution in [0.3, 0.4) is 0 Å². The van der Waals surface area contributed by atoms with E-state index in [0.29, 0.717) is 12.2 Å². The zero-order chi connectivity index (χ0) is 14.5. The van der Waals surface area contributed by atoms with Gasteiger partial charge in [0.05, 0.1) is 12.8 Å². The van der Waals surface area contributed by atoms with E-state index in [9.17, 15) is 4.79 Å². The van der Waals surface area contributed by atoms with Crippen LogP contribution in [0.5, 0.6) is 0 Å². The molecule has 0 spiro atoms. The first kappa shape index (κ1) is 14.7. The van der Waals surface area contributed by atoms with Crippen molar-refractivity contribution >= 4 is 21.8 Å². The van der Waals surface area contributed by atoms with Gasteiger partial charge in [-0.25, -0.2) is 4.68 Å². The third-order valence-electron chi connectivity index (χ3n) is 2.84. The van der Waals surface area contributed by atoms with Crippen LogP contribution in [0.25, 0.3) is 0 Å². The Labute approximate surface area is 125 Å². The lowest BCUT2D eigenvalue weighted by molar-refractivity contribution is -0.131. The van der Waals surface area contributed by atoms with Gasteiger partial charge in [0, 0.05) is 18.1 Å². The molecule has 0 bridgehead atoms. The molecule has 1 heterocycles. The molecule has 0 unspecified atom stereocenters.